The summed E-state index contributed by atoms with van der Waals surface area (Å²) >= 11 is 1.87. The average Bonchev–Trinajstić information content (AvgIpc) is 2.25. The fourth-order valence-corrected chi connectivity index (χ4v) is 2.03. The second kappa shape index (κ2) is 6.03. The van der Waals surface area contributed by atoms with Crippen molar-refractivity contribution in [2.24, 2.45) is 5.73 Å². The monoisotopic (exact) mass is 224 g/mol. The second-order valence-corrected chi connectivity index (χ2v) is 4.75. The van der Waals surface area contributed by atoms with E-state index in [1.165, 1.54) is 11.3 Å². The molecule has 15 heavy (non-hydrogen) atoms. The van der Waals surface area contributed by atoms with E-state index in [2.05, 4.69) is 36.4 Å². The Kier molecular flexibility index (Phi) is 4.99. The lowest BCUT2D eigenvalue weighted by Gasteiger charge is -2.23. The van der Waals surface area contributed by atoms with Gasteiger partial charge in [0.15, 0.2) is 0 Å². The molecular weight excluding hydrogens is 204 g/mol. The minimum atomic E-state index is 0.0953. The molecule has 0 aromatic heterocycles. The molecule has 1 rings (SSSR count). The Morgan fingerprint density at radius 2 is 2.07 bits per heavy atom. The van der Waals surface area contributed by atoms with Gasteiger partial charge in [-0.15, -0.1) is 0 Å². The minimum Gasteiger partial charge on any atom is -0.373 e. The highest BCUT2D eigenvalue weighted by Crippen LogP contribution is 2.23. The van der Waals surface area contributed by atoms with Crippen molar-refractivity contribution in [3.05, 3.63) is 29.8 Å². The molecule has 0 aliphatic carbocycles. The predicted octanol–water partition coefficient (Wildman–Crippen LogP) is 2.51. The SMILES string of the molecule is CSCCN(C)c1ccccc1C(C)N. The van der Waals surface area contributed by atoms with Gasteiger partial charge in [-0.05, 0) is 24.8 Å². The van der Waals surface area contributed by atoms with Gasteiger partial charge in [-0.3, -0.25) is 0 Å². The third-order valence-corrected chi connectivity index (χ3v) is 3.06. The maximum atomic E-state index is 5.95. The van der Waals surface area contributed by atoms with Crippen LogP contribution in [0.1, 0.15) is 18.5 Å². The van der Waals surface area contributed by atoms with Crippen LogP contribution in [-0.2, 0) is 0 Å². The largest absolute Gasteiger partial charge is 0.373 e. The van der Waals surface area contributed by atoms with Crippen LogP contribution in [0.2, 0.25) is 0 Å². The predicted molar refractivity (Wildman–Crippen MR) is 70.7 cm³/mol. The van der Waals surface area contributed by atoms with Crippen LogP contribution in [0.4, 0.5) is 5.69 Å². The van der Waals surface area contributed by atoms with Crippen LogP contribution in [-0.4, -0.2) is 25.6 Å². The summed E-state index contributed by atoms with van der Waals surface area (Å²) in [5.41, 5.74) is 8.42. The maximum Gasteiger partial charge on any atom is 0.0412 e. The summed E-state index contributed by atoms with van der Waals surface area (Å²) in [6, 6.07) is 8.45. The molecule has 84 valence electrons. The highest BCUT2D eigenvalue weighted by Gasteiger charge is 2.09. The number of anilines is 1. The summed E-state index contributed by atoms with van der Waals surface area (Å²) in [5.74, 6) is 1.14. The second-order valence-electron chi connectivity index (χ2n) is 3.76. The Morgan fingerprint density at radius 1 is 1.40 bits per heavy atom. The molecule has 3 heteroatoms. The summed E-state index contributed by atoms with van der Waals surface area (Å²) in [6.45, 7) is 3.09. The Balaban J connectivity index is 2.82. The van der Waals surface area contributed by atoms with E-state index in [1.807, 2.05) is 24.8 Å². The fraction of sp³-hybridized carbons (Fsp3) is 0.500. The molecule has 1 atom stereocenters. The average molecular weight is 224 g/mol. The number of thioether (sulfide) groups is 1. The van der Waals surface area contributed by atoms with Crippen molar-refractivity contribution in [3.63, 3.8) is 0 Å². The number of nitrogens with zero attached hydrogens (tertiary/aromatic N) is 1. The zero-order valence-corrected chi connectivity index (χ0v) is 10.6. The molecule has 2 nitrogen and oxygen atoms in total. The molecule has 0 saturated carbocycles. The summed E-state index contributed by atoms with van der Waals surface area (Å²) in [6.07, 6.45) is 2.13. The molecule has 1 unspecified atom stereocenters. The molecular formula is C12H20N2S. The topological polar surface area (TPSA) is 29.3 Å². The van der Waals surface area contributed by atoms with Crippen molar-refractivity contribution in [3.8, 4) is 0 Å². The van der Waals surface area contributed by atoms with E-state index in [0.717, 1.165) is 12.3 Å². The van der Waals surface area contributed by atoms with Gasteiger partial charge in [0.05, 0.1) is 0 Å². The van der Waals surface area contributed by atoms with Gasteiger partial charge in [-0.1, -0.05) is 18.2 Å². The molecule has 0 aliphatic heterocycles. The molecule has 0 radical (unpaired) electrons. The summed E-state index contributed by atoms with van der Waals surface area (Å²) in [7, 11) is 2.12. The van der Waals surface area contributed by atoms with E-state index >= 15 is 0 Å². The third kappa shape index (κ3) is 3.43. The Labute approximate surface area is 96.8 Å². The van der Waals surface area contributed by atoms with Gasteiger partial charge in [0.2, 0.25) is 0 Å². The number of rotatable bonds is 5. The van der Waals surface area contributed by atoms with Crippen LogP contribution in [0, 0.1) is 0 Å². The molecule has 0 fully saturated rings. The lowest BCUT2D eigenvalue weighted by Crippen LogP contribution is -2.23. The van der Waals surface area contributed by atoms with Crippen LogP contribution in [0.5, 0.6) is 0 Å². The van der Waals surface area contributed by atoms with Crippen molar-refractivity contribution < 1.29 is 0 Å². The first-order chi connectivity index (χ1) is 7.16. The van der Waals surface area contributed by atoms with E-state index in [4.69, 9.17) is 5.73 Å². The zero-order valence-electron chi connectivity index (χ0n) is 9.73. The molecule has 0 spiro atoms. The first-order valence-electron chi connectivity index (χ1n) is 5.21. The van der Waals surface area contributed by atoms with E-state index in [0.29, 0.717) is 0 Å². The highest BCUT2D eigenvalue weighted by molar-refractivity contribution is 7.98. The van der Waals surface area contributed by atoms with Crippen LogP contribution in [0.25, 0.3) is 0 Å². The van der Waals surface area contributed by atoms with E-state index in [9.17, 15) is 0 Å². The summed E-state index contributed by atoms with van der Waals surface area (Å²) in [5, 5.41) is 0. The van der Waals surface area contributed by atoms with Gasteiger partial charge in [0.1, 0.15) is 0 Å². The lowest BCUT2D eigenvalue weighted by atomic mass is 10.1. The van der Waals surface area contributed by atoms with E-state index < -0.39 is 0 Å². The fourth-order valence-electron chi connectivity index (χ4n) is 1.57. The van der Waals surface area contributed by atoms with Crippen molar-refractivity contribution in [1.82, 2.24) is 0 Å². The molecule has 0 saturated heterocycles. The Bertz CT molecular complexity index is 299. The number of hydrogen-bond donors (Lipinski definition) is 1. The summed E-state index contributed by atoms with van der Waals surface area (Å²) < 4.78 is 0. The molecule has 0 bridgehead atoms. The van der Waals surface area contributed by atoms with Crippen molar-refractivity contribution >= 4 is 17.4 Å². The van der Waals surface area contributed by atoms with Crippen molar-refractivity contribution in [1.29, 1.82) is 0 Å². The van der Waals surface area contributed by atoms with Crippen LogP contribution < -0.4 is 10.6 Å². The number of nitrogens with two attached hydrogens (primary N) is 1. The first-order valence-corrected chi connectivity index (χ1v) is 6.60. The van der Waals surface area contributed by atoms with Gasteiger partial charge >= 0.3 is 0 Å². The van der Waals surface area contributed by atoms with Gasteiger partial charge in [-0.25, -0.2) is 0 Å². The molecule has 2 N–H and O–H groups in total. The lowest BCUT2D eigenvalue weighted by molar-refractivity contribution is 0.807. The molecule has 0 aliphatic rings. The molecule has 0 heterocycles. The zero-order chi connectivity index (χ0) is 11.3. The standard InChI is InChI=1S/C12H20N2S/c1-10(13)11-6-4-5-7-12(11)14(2)8-9-15-3/h4-7,10H,8-9,13H2,1-3H3. The van der Waals surface area contributed by atoms with Crippen molar-refractivity contribution in [2.45, 2.75) is 13.0 Å². The quantitative estimate of drug-likeness (QED) is 0.833. The van der Waals surface area contributed by atoms with Gasteiger partial charge < -0.3 is 10.6 Å². The van der Waals surface area contributed by atoms with Crippen molar-refractivity contribution in [2.75, 3.05) is 30.5 Å². The van der Waals surface area contributed by atoms with E-state index in [-0.39, 0.29) is 6.04 Å². The Morgan fingerprint density at radius 3 is 2.67 bits per heavy atom. The minimum absolute atomic E-state index is 0.0953. The van der Waals surface area contributed by atoms with Gasteiger partial charge in [0.25, 0.3) is 0 Å². The molecule has 1 aromatic carbocycles. The van der Waals surface area contributed by atoms with Crippen LogP contribution in [0.3, 0.4) is 0 Å². The molecule has 0 amide bonds. The van der Waals surface area contributed by atoms with Crippen LogP contribution >= 0.6 is 11.8 Å². The normalized spacial score (nSPS) is 12.5. The maximum absolute atomic E-state index is 5.95. The first kappa shape index (κ1) is 12.4. The highest BCUT2D eigenvalue weighted by atomic mass is 32.2. The number of para-hydroxylation sites is 1. The van der Waals surface area contributed by atoms with Gasteiger partial charge in [0, 0.05) is 31.1 Å². The Hall–Kier alpha value is -0.670. The van der Waals surface area contributed by atoms with Gasteiger partial charge in [-0.2, -0.15) is 11.8 Å². The number of hydrogen-bond acceptors (Lipinski definition) is 3. The van der Waals surface area contributed by atoms with E-state index in [1.54, 1.807) is 0 Å². The molecule has 1 aromatic rings. The third-order valence-electron chi connectivity index (χ3n) is 2.47. The smallest absolute Gasteiger partial charge is 0.0412 e. The summed E-state index contributed by atoms with van der Waals surface area (Å²) in [4.78, 5) is 2.27. The number of benzene rings is 1. The van der Waals surface area contributed by atoms with Crippen LogP contribution in [0.15, 0.2) is 24.3 Å².